The van der Waals surface area contributed by atoms with Crippen LogP contribution >= 0.6 is 11.3 Å². The van der Waals surface area contributed by atoms with Gasteiger partial charge in [-0.25, -0.2) is 4.98 Å². The van der Waals surface area contributed by atoms with Gasteiger partial charge in [-0.05, 0) is 47.5 Å². The first-order valence-electron chi connectivity index (χ1n) is 10.5. The molecule has 4 aromatic rings. The molecule has 0 N–H and O–H groups in total. The summed E-state index contributed by atoms with van der Waals surface area (Å²) < 4.78 is 1.55. The van der Waals surface area contributed by atoms with Gasteiger partial charge in [-0.2, -0.15) is 0 Å². The van der Waals surface area contributed by atoms with E-state index in [0.29, 0.717) is 18.5 Å². The van der Waals surface area contributed by atoms with Gasteiger partial charge in [-0.15, -0.1) is 11.3 Å². The maximum absolute atomic E-state index is 13.3. The average Bonchev–Trinajstić information content (AvgIpc) is 3.28. The second-order valence-electron chi connectivity index (χ2n) is 7.91. The minimum absolute atomic E-state index is 0.0574. The predicted octanol–water partition coefficient (Wildman–Crippen LogP) is 4.33. The highest BCUT2D eigenvalue weighted by atomic mass is 32.1. The Balaban J connectivity index is 1.41. The standard InChI is InChI=1S/C25H23N3O2S/c1-17-6-5-9-20-23(17)26-16-27(25(20)30)13-11-22(29)28-14-10-21-19(12-15-31-21)24(28)18-7-3-2-4-8-18/h2-9,12,15-16,24H,10-11,13-14H2,1H3. The predicted molar refractivity (Wildman–Crippen MR) is 123 cm³/mol. The third-order valence-electron chi connectivity index (χ3n) is 6.02. The highest BCUT2D eigenvalue weighted by Crippen LogP contribution is 2.38. The number of fused-ring (bicyclic) bond motifs is 2. The Hall–Kier alpha value is -3.25. The molecule has 156 valence electrons. The molecule has 0 bridgehead atoms. The normalized spacial score (nSPS) is 15.8. The van der Waals surface area contributed by atoms with E-state index in [2.05, 4.69) is 28.6 Å². The highest BCUT2D eigenvalue weighted by molar-refractivity contribution is 7.10. The fourth-order valence-corrected chi connectivity index (χ4v) is 5.34. The average molecular weight is 430 g/mol. The third kappa shape index (κ3) is 3.57. The molecule has 5 nitrogen and oxygen atoms in total. The Morgan fingerprint density at radius 1 is 1.13 bits per heavy atom. The summed E-state index contributed by atoms with van der Waals surface area (Å²) in [6.45, 7) is 2.96. The molecule has 2 aromatic heterocycles. The molecule has 1 atom stereocenters. The third-order valence-corrected chi connectivity index (χ3v) is 7.02. The number of para-hydroxylation sites is 1. The van der Waals surface area contributed by atoms with Gasteiger partial charge in [0.1, 0.15) is 0 Å². The first kappa shape index (κ1) is 19.7. The second-order valence-corrected chi connectivity index (χ2v) is 8.91. The number of amides is 1. The molecule has 0 saturated carbocycles. The lowest BCUT2D eigenvalue weighted by Crippen LogP contribution is -2.40. The van der Waals surface area contributed by atoms with Gasteiger partial charge in [0.15, 0.2) is 0 Å². The van der Waals surface area contributed by atoms with Crippen LogP contribution in [0.15, 0.2) is 71.1 Å². The van der Waals surface area contributed by atoms with Crippen molar-refractivity contribution >= 4 is 28.1 Å². The summed E-state index contributed by atoms with van der Waals surface area (Å²) in [5, 5.41) is 2.70. The number of hydrogen-bond donors (Lipinski definition) is 0. The van der Waals surface area contributed by atoms with Gasteiger partial charge in [0.25, 0.3) is 5.56 Å². The Morgan fingerprint density at radius 2 is 1.97 bits per heavy atom. The van der Waals surface area contributed by atoms with E-state index >= 15 is 0 Å². The van der Waals surface area contributed by atoms with Gasteiger partial charge < -0.3 is 4.90 Å². The van der Waals surface area contributed by atoms with Crippen LogP contribution in [0.3, 0.4) is 0 Å². The first-order valence-corrected chi connectivity index (χ1v) is 11.4. The first-order chi connectivity index (χ1) is 15.1. The van der Waals surface area contributed by atoms with Crippen LogP contribution in [0.2, 0.25) is 0 Å². The van der Waals surface area contributed by atoms with Crippen molar-refractivity contribution in [1.29, 1.82) is 0 Å². The molecule has 0 aliphatic carbocycles. The summed E-state index contributed by atoms with van der Waals surface area (Å²) in [7, 11) is 0. The molecule has 5 rings (SSSR count). The van der Waals surface area contributed by atoms with E-state index in [-0.39, 0.29) is 23.9 Å². The Kier molecular flexibility index (Phi) is 5.16. The Bertz CT molecular complexity index is 1310. The van der Waals surface area contributed by atoms with Crippen molar-refractivity contribution in [2.75, 3.05) is 6.54 Å². The van der Waals surface area contributed by atoms with Gasteiger partial charge in [0.05, 0.1) is 23.3 Å². The Morgan fingerprint density at radius 3 is 2.81 bits per heavy atom. The van der Waals surface area contributed by atoms with Gasteiger partial charge in [0, 0.05) is 24.4 Å². The van der Waals surface area contributed by atoms with Gasteiger partial charge in [0.2, 0.25) is 5.91 Å². The number of carbonyl (C=O) groups is 1. The van der Waals surface area contributed by atoms with Crippen molar-refractivity contribution < 1.29 is 4.79 Å². The van der Waals surface area contributed by atoms with E-state index in [0.717, 1.165) is 23.1 Å². The molecule has 2 aromatic carbocycles. The highest BCUT2D eigenvalue weighted by Gasteiger charge is 2.32. The number of thiophene rings is 1. The van der Waals surface area contributed by atoms with E-state index < -0.39 is 0 Å². The van der Waals surface area contributed by atoms with Crippen molar-refractivity contribution in [3.05, 3.63) is 98.2 Å². The van der Waals surface area contributed by atoms with Gasteiger partial charge in [-0.3, -0.25) is 14.2 Å². The molecule has 31 heavy (non-hydrogen) atoms. The second kappa shape index (κ2) is 8.12. The zero-order chi connectivity index (χ0) is 21.4. The van der Waals surface area contributed by atoms with Crippen molar-refractivity contribution in [1.82, 2.24) is 14.5 Å². The molecule has 1 amide bonds. The number of nitrogens with zero attached hydrogens (tertiary/aromatic N) is 3. The van der Waals surface area contributed by atoms with Crippen molar-refractivity contribution in [3.63, 3.8) is 0 Å². The smallest absolute Gasteiger partial charge is 0.261 e. The summed E-state index contributed by atoms with van der Waals surface area (Å²) in [6.07, 6.45) is 2.70. The fraction of sp³-hybridized carbons (Fsp3) is 0.240. The monoisotopic (exact) mass is 429 g/mol. The van der Waals surface area contributed by atoms with E-state index in [4.69, 9.17) is 0 Å². The van der Waals surface area contributed by atoms with Crippen LogP contribution in [0.4, 0.5) is 0 Å². The number of aryl methyl sites for hydroxylation is 2. The van der Waals surface area contributed by atoms with E-state index in [1.54, 1.807) is 28.3 Å². The summed E-state index contributed by atoms with van der Waals surface area (Å²) in [5.74, 6) is 0.0574. The fourth-order valence-electron chi connectivity index (χ4n) is 4.44. The maximum Gasteiger partial charge on any atom is 0.261 e. The zero-order valence-electron chi connectivity index (χ0n) is 17.3. The zero-order valence-corrected chi connectivity index (χ0v) is 18.1. The lowest BCUT2D eigenvalue weighted by molar-refractivity contribution is -0.133. The number of carbonyl (C=O) groups excluding carboxylic acids is 1. The number of rotatable bonds is 4. The quantitative estimate of drug-likeness (QED) is 0.485. The summed E-state index contributed by atoms with van der Waals surface area (Å²) in [4.78, 5) is 34.0. The van der Waals surface area contributed by atoms with Crippen molar-refractivity contribution in [2.24, 2.45) is 0 Å². The number of benzene rings is 2. The number of hydrogen-bond acceptors (Lipinski definition) is 4. The molecule has 0 radical (unpaired) electrons. The Labute approximate surface area is 184 Å². The minimum atomic E-state index is -0.0973. The van der Waals surface area contributed by atoms with Crippen LogP contribution in [-0.2, 0) is 17.8 Å². The van der Waals surface area contributed by atoms with Gasteiger partial charge in [-0.1, -0.05) is 42.5 Å². The maximum atomic E-state index is 13.3. The molecular weight excluding hydrogens is 406 g/mol. The summed E-state index contributed by atoms with van der Waals surface area (Å²) >= 11 is 1.76. The summed E-state index contributed by atoms with van der Waals surface area (Å²) in [6, 6.07) is 17.9. The van der Waals surface area contributed by atoms with Crippen LogP contribution in [0.5, 0.6) is 0 Å². The topological polar surface area (TPSA) is 55.2 Å². The molecule has 0 spiro atoms. The van der Waals surface area contributed by atoms with Crippen molar-refractivity contribution in [2.45, 2.75) is 32.4 Å². The summed E-state index contributed by atoms with van der Waals surface area (Å²) in [5.41, 5.74) is 3.94. The molecule has 0 saturated heterocycles. The molecule has 1 unspecified atom stereocenters. The molecule has 6 heteroatoms. The molecule has 0 fully saturated rings. The van der Waals surface area contributed by atoms with Gasteiger partial charge >= 0.3 is 0 Å². The minimum Gasteiger partial charge on any atom is -0.331 e. The van der Waals surface area contributed by atoms with E-state index in [1.807, 2.05) is 42.2 Å². The van der Waals surface area contributed by atoms with Crippen LogP contribution in [0, 0.1) is 6.92 Å². The number of aromatic nitrogens is 2. The van der Waals surface area contributed by atoms with Crippen LogP contribution < -0.4 is 5.56 Å². The van der Waals surface area contributed by atoms with Crippen LogP contribution in [-0.4, -0.2) is 26.9 Å². The van der Waals surface area contributed by atoms with E-state index in [1.165, 1.54) is 10.4 Å². The van der Waals surface area contributed by atoms with Crippen molar-refractivity contribution in [3.8, 4) is 0 Å². The van der Waals surface area contributed by atoms with Crippen LogP contribution in [0.25, 0.3) is 10.9 Å². The SMILES string of the molecule is Cc1cccc2c(=O)n(CCC(=O)N3CCc4sccc4C3c3ccccc3)cnc12. The van der Waals surface area contributed by atoms with Crippen LogP contribution in [0.1, 0.15) is 34.0 Å². The molecule has 1 aliphatic rings. The molecular formula is C25H23N3O2S. The van der Waals surface area contributed by atoms with E-state index in [9.17, 15) is 9.59 Å². The lowest BCUT2D eigenvalue weighted by atomic mass is 9.93. The lowest BCUT2D eigenvalue weighted by Gasteiger charge is -2.36. The largest absolute Gasteiger partial charge is 0.331 e. The molecule has 1 aliphatic heterocycles. The molecule has 3 heterocycles.